The maximum absolute atomic E-state index is 5.43. The van der Waals surface area contributed by atoms with Gasteiger partial charge in [0, 0.05) is 6.54 Å². The summed E-state index contributed by atoms with van der Waals surface area (Å²) < 4.78 is 0. The third-order valence-electron chi connectivity index (χ3n) is 2.40. The molecule has 0 unspecified atom stereocenters. The number of nitrogens with two attached hydrogens (primary N) is 1. The molecule has 0 radical (unpaired) electrons. The largest absolute Gasteiger partial charge is 0.368 e. The molecule has 86 valence electrons. The van der Waals surface area contributed by atoms with Gasteiger partial charge in [-0.15, -0.1) is 0 Å². The van der Waals surface area contributed by atoms with Crippen molar-refractivity contribution in [2.75, 3.05) is 18.4 Å². The number of aromatic amines is 1. The molecule has 2 aromatic heterocycles. The first-order valence-electron chi connectivity index (χ1n) is 5.50. The minimum Gasteiger partial charge on any atom is -0.368 e. The normalized spacial score (nSPS) is 10.8. The SMILES string of the molecule is NCCCCCNc1ncnc2nc[nH]c12. The number of rotatable bonds is 6. The molecule has 2 aromatic rings. The van der Waals surface area contributed by atoms with Crippen LogP contribution in [-0.4, -0.2) is 33.0 Å². The second-order valence-electron chi connectivity index (χ2n) is 3.60. The molecule has 0 aliphatic heterocycles. The molecule has 0 atom stereocenters. The highest BCUT2D eigenvalue weighted by Gasteiger charge is 2.03. The van der Waals surface area contributed by atoms with Gasteiger partial charge in [0.15, 0.2) is 11.5 Å². The van der Waals surface area contributed by atoms with Crippen molar-refractivity contribution in [2.24, 2.45) is 5.73 Å². The molecular weight excluding hydrogens is 204 g/mol. The third kappa shape index (κ3) is 2.46. The average molecular weight is 220 g/mol. The molecule has 2 heterocycles. The first-order valence-corrected chi connectivity index (χ1v) is 5.50. The zero-order chi connectivity index (χ0) is 11.2. The molecule has 0 bridgehead atoms. The lowest BCUT2D eigenvalue weighted by Crippen LogP contribution is -2.05. The maximum atomic E-state index is 5.43. The van der Waals surface area contributed by atoms with Crippen LogP contribution in [0.5, 0.6) is 0 Å². The van der Waals surface area contributed by atoms with Crippen LogP contribution < -0.4 is 11.1 Å². The molecule has 0 aliphatic rings. The molecule has 0 spiro atoms. The monoisotopic (exact) mass is 220 g/mol. The Labute approximate surface area is 93.7 Å². The molecule has 2 rings (SSSR count). The summed E-state index contributed by atoms with van der Waals surface area (Å²) in [6, 6.07) is 0. The summed E-state index contributed by atoms with van der Waals surface area (Å²) in [6.45, 7) is 1.66. The van der Waals surface area contributed by atoms with Crippen molar-refractivity contribution in [1.82, 2.24) is 19.9 Å². The Bertz CT molecular complexity index is 438. The number of hydrogen-bond acceptors (Lipinski definition) is 5. The van der Waals surface area contributed by atoms with Crippen LogP contribution in [0.3, 0.4) is 0 Å². The Morgan fingerprint density at radius 3 is 3.00 bits per heavy atom. The Morgan fingerprint density at radius 1 is 1.19 bits per heavy atom. The van der Waals surface area contributed by atoms with E-state index >= 15 is 0 Å². The van der Waals surface area contributed by atoms with Crippen LogP contribution in [-0.2, 0) is 0 Å². The number of hydrogen-bond donors (Lipinski definition) is 3. The zero-order valence-corrected chi connectivity index (χ0v) is 9.11. The van der Waals surface area contributed by atoms with Gasteiger partial charge in [-0.1, -0.05) is 6.42 Å². The number of nitrogens with zero attached hydrogens (tertiary/aromatic N) is 3. The van der Waals surface area contributed by atoms with Gasteiger partial charge >= 0.3 is 0 Å². The van der Waals surface area contributed by atoms with Crippen LogP contribution in [0.25, 0.3) is 11.2 Å². The second kappa shape index (κ2) is 5.41. The summed E-state index contributed by atoms with van der Waals surface area (Å²) >= 11 is 0. The lowest BCUT2D eigenvalue weighted by atomic mass is 10.2. The summed E-state index contributed by atoms with van der Waals surface area (Å²) in [5.41, 5.74) is 6.98. The van der Waals surface area contributed by atoms with E-state index in [0.29, 0.717) is 5.65 Å². The smallest absolute Gasteiger partial charge is 0.182 e. The fourth-order valence-electron chi connectivity index (χ4n) is 1.55. The molecule has 0 saturated carbocycles. The number of imidazole rings is 1. The topological polar surface area (TPSA) is 92.5 Å². The first kappa shape index (κ1) is 10.8. The van der Waals surface area contributed by atoms with Gasteiger partial charge in [0.25, 0.3) is 0 Å². The Kier molecular flexibility index (Phi) is 3.66. The number of fused-ring (bicyclic) bond motifs is 1. The summed E-state index contributed by atoms with van der Waals surface area (Å²) in [5.74, 6) is 0.815. The summed E-state index contributed by atoms with van der Waals surface area (Å²) in [5, 5.41) is 3.27. The van der Waals surface area contributed by atoms with Gasteiger partial charge in [0.2, 0.25) is 0 Å². The highest BCUT2D eigenvalue weighted by Crippen LogP contribution is 2.14. The van der Waals surface area contributed by atoms with Crippen molar-refractivity contribution >= 4 is 17.0 Å². The van der Waals surface area contributed by atoms with Crippen molar-refractivity contribution in [1.29, 1.82) is 0 Å². The number of anilines is 1. The lowest BCUT2D eigenvalue weighted by Gasteiger charge is -2.05. The van der Waals surface area contributed by atoms with Gasteiger partial charge < -0.3 is 16.0 Å². The highest BCUT2D eigenvalue weighted by molar-refractivity contribution is 5.81. The van der Waals surface area contributed by atoms with E-state index in [4.69, 9.17) is 5.73 Å². The second-order valence-corrected chi connectivity index (χ2v) is 3.60. The predicted molar refractivity (Wildman–Crippen MR) is 63.1 cm³/mol. The third-order valence-corrected chi connectivity index (χ3v) is 2.40. The van der Waals surface area contributed by atoms with Gasteiger partial charge in [-0.25, -0.2) is 15.0 Å². The number of unbranched alkanes of at least 4 members (excludes halogenated alkanes) is 2. The molecule has 6 nitrogen and oxygen atoms in total. The minimum atomic E-state index is 0.694. The van der Waals surface area contributed by atoms with Crippen molar-refractivity contribution in [3.8, 4) is 0 Å². The minimum absolute atomic E-state index is 0.694. The molecular formula is C10H16N6. The molecule has 4 N–H and O–H groups in total. The van der Waals surface area contributed by atoms with E-state index < -0.39 is 0 Å². The summed E-state index contributed by atoms with van der Waals surface area (Å²) in [4.78, 5) is 15.3. The van der Waals surface area contributed by atoms with Crippen molar-refractivity contribution in [3.63, 3.8) is 0 Å². The van der Waals surface area contributed by atoms with Gasteiger partial charge in [0.1, 0.15) is 11.8 Å². The molecule has 0 aliphatic carbocycles. The van der Waals surface area contributed by atoms with Crippen LogP contribution in [0.2, 0.25) is 0 Å². The van der Waals surface area contributed by atoms with Gasteiger partial charge in [-0.2, -0.15) is 0 Å². The van der Waals surface area contributed by atoms with E-state index in [9.17, 15) is 0 Å². The molecule has 6 heteroatoms. The summed E-state index contributed by atoms with van der Waals surface area (Å²) in [6.07, 6.45) is 6.45. The average Bonchev–Trinajstić information content (AvgIpc) is 2.77. The molecule has 0 aromatic carbocycles. The maximum Gasteiger partial charge on any atom is 0.182 e. The number of nitrogens with one attached hydrogen (secondary N) is 2. The van der Waals surface area contributed by atoms with Gasteiger partial charge in [-0.3, -0.25) is 0 Å². The van der Waals surface area contributed by atoms with E-state index in [-0.39, 0.29) is 0 Å². The van der Waals surface area contributed by atoms with E-state index in [1.54, 1.807) is 6.33 Å². The van der Waals surface area contributed by atoms with E-state index in [0.717, 1.165) is 43.7 Å². The van der Waals surface area contributed by atoms with Crippen LogP contribution in [0.15, 0.2) is 12.7 Å². The quantitative estimate of drug-likeness (QED) is 0.629. The van der Waals surface area contributed by atoms with E-state index in [2.05, 4.69) is 25.3 Å². The van der Waals surface area contributed by atoms with Crippen LogP contribution in [0.1, 0.15) is 19.3 Å². The van der Waals surface area contributed by atoms with Crippen molar-refractivity contribution < 1.29 is 0 Å². The van der Waals surface area contributed by atoms with E-state index in [1.165, 1.54) is 6.33 Å². The standard InChI is InChI=1S/C10H16N6/c11-4-2-1-3-5-12-9-8-10(14-6-13-8)16-7-15-9/h6-7H,1-5,11H2,(H2,12,13,14,15,16). The van der Waals surface area contributed by atoms with Crippen LogP contribution in [0.4, 0.5) is 5.82 Å². The number of H-pyrrole nitrogens is 1. The molecule has 16 heavy (non-hydrogen) atoms. The van der Waals surface area contributed by atoms with Crippen molar-refractivity contribution in [2.45, 2.75) is 19.3 Å². The number of aromatic nitrogens is 4. The highest BCUT2D eigenvalue weighted by atomic mass is 15.1. The molecule has 0 saturated heterocycles. The van der Waals surface area contributed by atoms with Crippen molar-refractivity contribution in [3.05, 3.63) is 12.7 Å². The Morgan fingerprint density at radius 2 is 2.12 bits per heavy atom. The first-order chi connectivity index (χ1) is 7.92. The zero-order valence-electron chi connectivity index (χ0n) is 9.11. The van der Waals surface area contributed by atoms with E-state index in [1.807, 2.05) is 0 Å². The molecule has 0 fully saturated rings. The summed E-state index contributed by atoms with van der Waals surface area (Å²) in [7, 11) is 0. The van der Waals surface area contributed by atoms with Crippen LogP contribution >= 0.6 is 0 Å². The molecule has 0 amide bonds. The fourth-order valence-corrected chi connectivity index (χ4v) is 1.55. The van der Waals surface area contributed by atoms with Crippen LogP contribution in [0, 0.1) is 0 Å². The predicted octanol–water partition coefficient (Wildman–Crippen LogP) is 0.894. The van der Waals surface area contributed by atoms with Gasteiger partial charge in [0.05, 0.1) is 6.33 Å². The Balaban J connectivity index is 1.91. The fraction of sp³-hybridized carbons (Fsp3) is 0.500. The van der Waals surface area contributed by atoms with Gasteiger partial charge in [-0.05, 0) is 19.4 Å². The Hall–Kier alpha value is -1.69. The lowest BCUT2D eigenvalue weighted by molar-refractivity contribution is 0.706.